The van der Waals surface area contributed by atoms with Crippen molar-refractivity contribution in [3.05, 3.63) is 24.2 Å². The molecule has 0 radical (unpaired) electrons. The summed E-state index contributed by atoms with van der Waals surface area (Å²) in [4.78, 5) is 4.42. The van der Waals surface area contributed by atoms with Crippen molar-refractivity contribution in [1.29, 1.82) is 0 Å². The van der Waals surface area contributed by atoms with Gasteiger partial charge in [0.1, 0.15) is 5.52 Å². The summed E-state index contributed by atoms with van der Waals surface area (Å²) in [5, 5.41) is 7.97. The van der Waals surface area contributed by atoms with Crippen molar-refractivity contribution in [2.24, 2.45) is 5.73 Å². The number of hydrogen-bond acceptors (Lipinski definition) is 4. The SMILES string of the molecule is CC(C)c1cc2c(NC(C)(C)C(C)N)nccn2n1. The number of nitrogens with one attached hydrogen (secondary N) is 1. The predicted octanol–water partition coefficient (Wildman–Crippen LogP) is 2.39. The molecule has 2 aromatic rings. The van der Waals surface area contributed by atoms with Crippen molar-refractivity contribution in [3.8, 4) is 0 Å². The molecule has 1 atom stereocenters. The van der Waals surface area contributed by atoms with E-state index in [1.165, 1.54) is 0 Å². The van der Waals surface area contributed by atoms with Gasteiger partial charge in [0.25, 0.3) is 0 Å². The fraction of sp³-hybridized carbons (Fsp3) is 0.571. The smallest absolute Gasteiger partial charge is 0.152 e. The zero-order valence-electron chi connectivity index (χ0n) is 12.3. The molecule has 2 rings (SSSR count). The van der Waals surface area contributed by atoms with Crippen LogP contribution in [0.2, 0.25) is 0 Å². The Morgan fingerprint density at radius 3 is 2.58 bits per heavy atom. The van der Waals surface area contributed by atoms with Gasteiger partial charge >= 0.3 is 0 Å². The van der Waals surface area contributed by atoms with Gasteiger partial charge in [0.15, 0.2) is 5.82 Å². The van der Waals surface area contributed by atoms with Gasteiger partial charge in [0.2, 0.25) is 0 Å². The third-order valence-electron chi connectivity index (χ3n) is 3.58. The maximum absolute atomic E-state index is 6.00. The zero-order valence-corrected chi connectivity index (χ0v) is 12.3. The fourth-order valence-corrected chi connectivity index (χ4v) is 1.74. The summed E-state index contributed by atoms with van der Waals surface area (Å²) < 4.78 is 1.86. The summed E-state index contributed by atoms with van der Waals surface area (Å²) in [6.07, 6.45) is 3.62. The average Bonchev–Trinajstić information content (AvgIpc) is 2.73. The van der Waals surface area contributed by atoms with Crippen molar-refractivity contribution < 1.29 is 0 Å². The summed E-state index contributed by atoms with van der Waals surface area (Å²) in [5.41, 5.74) is 7.83. The van der Waals surface area contributed by atoms with E-state index < -0.39 is 0 Å². The van der Waals surface area contributed by atoms with E-state index in [9.17, 15) is 0 Å². The molecule has 0 bridgehead atoms. The molecular weight excluding hydrogens is 238 g/mol. The third kappa shape index (κ3) is 2.71. The van der Waals surface area contributed by atoms with Crippen LogP contribution in [0.1, 0.15) is 46.2 Å². The van der Waals surface area contributed by atoms with Crippen LogP contribution in [-0.4, -0.2) is 26.2 Å². The van der Waals surface area contributed by atoms with Crippen LogP contribution in [0, 0.1) is 0 Å². The molecule has 0 fully saturated rings. The monoisotopic (exact) mass is 261 g/mol. The molecule has 1 unspecified atom stereocenters. The molecule has 2 aromatic heterocycles. The van der Waals surface area contributed by atoms with Crippen molar-refractivity contribution in [2.45, 2.75) is 52.1 Å². The molecule has 0 aliphatic heterocycles. The van der Waals surface area contributed by atoms with Gasteiger partial charge in [-0.15, -0.1) is 0 Å². The molecule has 0 aliphatic rings. The number of rotatable bonds is 4. The lowest BCUT2D eigenvalue weighted by molar-refractivity contribution is 0.469. The quantitative estimate of drug-likeness (QED) is 0.886. The van der Waals surface area contributed by atoms with Crippen LogP contribution >= 0.6 is 0 Å². The van der Waals surface area contributed by atoms with Crippen molar-refractivity contribution in [2.75, 3.05) is 5.32 Å². The third-order valence-corrected chi connectivity index (χ3v) is 3.58. The van der Waals surface area contributed by atoms with Crippen molar-refractivity contribution >= 4 is 11.3 Å². The maximum Gasteiger partial charge on any atom is 0.152 e. The molecule has 0 saturated carbocycles. The lowest BCUT2D eigenvalue weighted by Gasteiger charge is -2.31. The summed E-state index contributed by atoms with van der Waals surface area (Å²) >= 11 is 0. The molecule has 0 spiro atoms. The highest BCUT2D eigenvalue weighted by atomic mass is 15.2. The van der Waals surface area contributed by atoms with Gasteiger partial charge < -0.3 is 11.1 Å². The van der Waals surface area contributed by atoms with Gasteiger partial charge in [0.05, 0.1) is 5.69 Å². The molecule has 104 valence electrons. The van der Waals surface area contributed by atoms with E-state index in [2.05, 4.69) is 49.2 Å². The van der Waals surface area contributed by atoms with Crippen LogP contribution in [0.15, 0.2) is 18.5 Å². The van der Waals surface area contributed by atoms with E-state index in [1.807, 2.05) is 17.6 Å². The topological polar surface area (TPSA) is 68.2 Å². The highest BCUT2D eigenvalue weighted by Gasteiger charge is 2.24. The Hall–Kier alpha value is -1.62. The van der Waals surface area contributed by atoms with Gasteiger partial charge in [-0.25, -0.2) is 9.50 Å². The van der Waals surface area contributed by atoms with Gasteiger partial charge in [-0.1, -0.05) is 13.8 Å². The highest BCUT2D eigenvalue weighted by Crippen LogP contribution is 2.23. The Balaban J connectivity index is 2.44. The number of nitrogens with zero attached hydrogens (tertiary/aromatic N) is 3. The van der Waals surface area contributed by atoms with Crippen LogP contribution in [0.25, 0.3) is 5.52 Å². The lowest BCUT2D eigenvalue weighted by atomic mass is 9.97. The minimum Gasteiger partial charge on any atom is -0.362 e. The van der Waals surface area contributed by atoms with Gasteiger partial charge in [-0.2, -0.15) is 5.10 Å². The first kappa shape index (κ1) is 13.8. The van der Waals surface area contributed by atoms with Gasteiger partial charge in [-0.3, -0.25) is 0 Å². The van der Waals surface area contributed by atoms with Crippen LogP contribution < -0.4 is 11.1 Å². The van der Waals surface area contributed by atoms with Crippen LogP contribution in [-0.2, 0) is 0 Å². The van der Waals surface area contributed by atoms with Gasteiger partial charge in [0, 0.05) is 24.0 Å². The zero-order chi connectivity index (χ0) is 14.2. The predicted molar refractivity (Wildman–Crippen MR) is 78.4 cm³/mol. The normalized spacial score (nSPS) is 14.1. The minimum atomic E-state index is -0.225. The second-order valence-corrected chi connectivity index (χ2v) is 5.96. The van der Waals surface area contributed by atoms with E-state index in [0.29, 0.717) is 5.92 Å². The average molecular weight is 261 g/mol. The molecule has 0 saturated heterocycles. The molecule has 2 heterocycles. The molecule has 5 nitrogen and oxygen atoms in total. The lowest BCUT2D eigenvalue weighted by Crippen LogP contribution is -2.47. The number of anilines is 1. The number of nitrogens with two attached hydrogens (primary N) is 1. The van der Waals surface area contributed by atoms with Crippen molar-refractivity contribution in [1.82, 2.24) is 14.6 Å². The summed E-state index contributed by atoms with van der Waals surface area (Å²) in [6.45, 7) is 10.4. The van der Waals surface area contributed by atoms with Crippen LogP contribution in [0.3, 0.4) is 0 Å². The van der Waals surface area contributed by atoms with Crippen molar-refractivity contribution in [3.63, 3.8) is 0 Å². The minimum absolute atomic E-state index is 0.0158. The fourth-order valence-electron chi connectivity index (χ4n) is 1.74. The Morgan fingerprint density at radius 1 is 1.32 bits per heavy atom. The molecule has 0 amide bonds. The molecule has 5 heteroatoms. The standard InChI is InChI=1S/C14H23N5/c1-9(2)11-8-12-13(16-6-7-19(12)18-11)17-14(4,5)10(3)15/h6-10H,15H2,1-5H3,(H,16,17). The summed E-state index contributed by atoms with van der Waals surface area (Å²) in [7, 11) is 0. The maximum atomic E-state index is 6.00. The molecule has 0 aromatic carbocycles. The van der Waals surface area contributed by atoms with E-state index in [-0.39, 0.29) is 11.6 Å². The second kappa shape index (κ2) is 4.81. The first-order chi connectivity index (χ1) is 8.81. The number of fused-ring (bicyclic) bond motifs is 1. The summed E-state index contributed by atoms with van der Waals surface area (Å²) in [5.74, 6) is 1.22. The Labute approximate surface area is 114 Å². The van der Waals surface area contributed by atoms with Gasteiger partial charge in [-0.05, 0) is 32.8 Å². The molecule has 0 aliphatic carbocycles. The van der Waals surface area contributed by atoms with E-state index >= 15 is 0 Å². The first-order valence-corrected chi connectivity index (χ1v) is 6.69. The van der Waals surface area contributed by atoms with E-state index in [4.69, 9.17) is 5.73 Å². The molecular formula is C14H23N5. The second-order valence-electron chi connectivity index (χ2n) is 5.96. The Kier molecular flexibility index (Phi) is 3.49. The largest absolute Gasteiger partial charge is 0.362 e. The first-order valence-electron chi connectivity index (χ1n) is 6.69. The number of hydrogen-bond donors (Lipinski definition) is 2. The van der Waals surface area contributed by atoms with E-state index in [1.54, 1.807) is 6.20 Å². The Bertz CT molecular complexity index is 568. The van der Waals surface area contributed by atoms with Crippen LogP contribution in [0.5, 0.6) is 0 Å². The molecule has 19 heavy (non-hydrogen) atoms. The summed E-state index contributed by atoms with van der Waals surface area (Å²) in [6, 6.07) is 2.10. The Morgan fingerprint density at radius 2 is 2.00 bits per heavy atom. The molecule has 3 N–H and O–H groups in total. The van der Waals surface area contributed by atoms with Crippen LogP contribution in [0.4, 0.5) is 5.82 Å². The number of aromatic nitrogens is 3. The van der Waals surface area contributed by atoms with E-state index in [0.717, 1.165) is 17.0 Å². The highest BCUT2D eigenvalue weighted by molar-refractivity contribution is 5.68.